The summed E-state index contributed by atoms with van der Waals surface area (Å²) in [6, 6.07) is 4.14. The van der Waals surface area contributed by atoms with Gasteiger partial charge in [0.2, 0.25) is 0 Å². The number of thiazole rings is 1. The molecule has 0 aliphatic heterocycles. The van der Waals surface area contributed by atoms with Gasteiger partial charge in [-0.2, -0.15) is 0 Å². The second kappa shape index (κ2) is 4.50. The molecule has 88 valence electrons. The second-order valence-electron chi connectivity index (χ2n) is 3.46. The summed E-state index contributed by atoms with van der Waals surface area (Å²) >= 11 is 1.24. The highest BCUT2D eigenvalue weighted by atomic mass is 32.1. The molecule has 0 bridgehead atoms. The number of anilines is 2. The Morgan fingerprint density at radius 1 is 1.53 bits per heavy atom. The maximum Gasteiger partial charge on any atom is 0.267 e. The van der Waals surface area contributed by atoms with Gasteiger partial charge in [-0.25, -0.2) is 9.37 Å². The van der Waals surface area contributed by atoms with Gasteiger partial charge in [-0.3, -0.25) is 4.79 Å². The Bertz CT molecular complexity index is 568. The van der Waals surface area contributed by atoms with Crippen molar-refractivity contribution >= 4 is 28.6 Å². The molecule has 0 aliphatic carbocycles. The number of rotatable bonds is 2. The zero-order valence-electron chi connectivity index (χ0n) is 9.03. The number of nitrogens with zero attached hydrogens (tertiary/aromatic N) is 1. The molecule has 17 heavy (non-hydrogen) atoms. The molecule has 1 heterocycles. The van der Waals surface area contributed by atoms with Crippen LogP contribution < -0.4 is 11.1 Å². The zero-order chi connectivity index (χ0) is 12.4. The third-order valence-corrected chi connectivity index (χ3v) is 3.14. The summed E-state index contributed by atoms with van der Waals surface area (Å²) in [7, 11) is 0. The number of aromatic nitrogens is 1. The van der Waals surface area contributed by atoms with Crippen molar-refractivity contribution in [3.63, 3.8) is 0 Å². The molecular weight excluding hydrogens is 241 g/mol. The minimum atomic E-state index is -0.552. The van der Waals surface area contributed by atoms with Gasteiger partial charge in [-0.1, -0.05) is 0 Å². The molecule has 2 rings (SSSR count). The number of hydrogen-bond acceptors (Lipinski definition) is 4. The Morgan fingerprint density at radius 3 is 2.88 bits per heavy atom. The van der Waals surface area contributed by atoms with Crippen molar-refractivity contribution < 1.29 is 9.18 Å². The molecule has 0 unspecified atom stereocenters. The average Bonchev–Trinajstić information content (AvgIpc) is 2.70. The molecule has 0 fully saturated rings. The number of carbonyl (C=O) groups excluding carboxylic acids is 1. The molecule has 6 heteroatoms. The average molecular weight is 251 g/mol. The maximum absolute atomic E-state index is 13.2. The number of amides is 1. The quantitative estimate of drug-likeness (QED) is 0.805. The fourth-order valence-corrected chi connectivity index (χ4v) is 2.01. The molecule has 3 N–H and O–H groups in total. The van der Waals surface area contributed by atoms with Gasteiger partial charge in [-0.05, 0) is 25.1 Å². The molecule has 0 aliphatic rings. The lowest BCUT2D eigenvalue weighted by atomic mass is 10.2. The van der Waals surface area contributed by atoms with Crippen molar-refractivity contribution in [2.45, 2.75) is 6.92 Å². The van der Waals surface area contributed by atoms with E-state index in [1.54, 1.807) is 18.5 Å². The van der Waals surface area contributed by atoms with Crippen molar-refractivity contribution in [3.05, 3.63) is 40.1 Å². The van der Waals surface area contributed by atoms with E-state index < -0.39 is 5.82 Å². The molecule has 0 saturated carbocycles. The summed E-state index contributed by atoms with van der Waals surface area (Å²) in [5.41, 5.74) is 8.01. The van der Waals surface area contributed by atoms with E-state index in [2.05, 4.69) is 10.3 Å². The normalized spacial score (nSPS) is 10.2. The van der Waals surface area contributed by atoms with E-state index >= 15 is 0 Å². The number of carbonyl (C=O) groups is 1. The Morgan fingerprint density at radius 2 is 2.29 bits per heavy atom. The summed E-state index contributed by atoms with van der Waals surface area (Å²) in [5, 5.41) is 2.59. The third kappa shape index (κ3) is 2.42. The van der Waals surface area contributed by atoms with Gasteiger partial charge in [0, 0.05) is 5.69 Å². The number of halogens is 1. The fourth-order valence-electron chi connectivity index (χ4n) is 1.31. The van der Waals surface area contributed by atoms with Crippen LogP contribution in [-0.2, 0) is 0 Å². The predicted octanol–water partition coefficient (Wildman–Crippen LogP) is 2.43. The van der Waals surface area contributed by atoms with Gasteiger partial charge in [0.1, 0.15) is 10.7 Å². The number of benzene rings is 1. The van der Waals surface area contributed by atoms with E-state index in [1.807, 2.05) is 0 Å². The Hall–Kier alpha value is -1.95. The molecule has 0 radical (unpaired) electrons. The summed E-state index contributed by atoms with van der Waals surface area (Å²) < 4.78 is 13.2. The summed E-state index contributed by atoms with van der Waals surface area (Å²) in [5.74, 6) is -0.849. The first-order valence-electron chi connectivity index (χ1n) is 4.84. The van der Waals surface area contributed by atoms with Crippen LogP contribution in [0.1, 0.15) is 15.4 Å². The monoisotopic (exact) mass is 251 g/mol. The maximum atomic E-state index is 13.2. The molecule has 2 aromatic rings. The van der Waals surface area contributed by atoms with Gasteiger partial charge in [0.15, 0.2) is 0 Å². The van der Waals surface area contributed by atoms with E-state index in [9.17, 15) is 9.18 Å². The van der Waals surface area contributed by atoms with Gasteiger partial charge >= 0.3 is 0 Å². The molecule has 1 aromatic carbocycles. The van der Waals surface area contributed by atoms with Gasteiger partial charge in [0.05, 0.1) is 16.9 Å². The molecule has 1 amide bonds. The largest absolute Gasteiger partial charge is 0.396 e. The number of nitrogens with two attached hydrogens (primary N) is 1. The summed E-state index contributed by atoms with van der Waals surface area (Å²) in [6.45, 7) is 1.75. The molecule has 4 nitrogen and oxygen atoms in total. The number of nitrogens with one attached hydrogen (secondary N) is 1. The summed E-state index contributed by atoms with van der Waals surface area (Å²) in [4.78, 5) is 16.3. The van der Waals surface area contributed by atoms with Crippen molar-refractivity contribution in [2.24, 2.45) is 0 Å². The Kier molecular flexibility index (Phi) is 3.06. The number of nitrogen functional groups attached to an aromatic ring is 1. The van der Waals surface area contributed by atoms with Crippen LogP contribution in [0.3, 0.4) is 0 Å². The fraction of sp³-hybridized carbons (Fsp3) is 0.0909. The highest BCUT2D eigenvalue weighted by Gasteiger charge is 2.12. The molecular formula is C11H10FN3OS. The zero-order valence-corrected chi connectivity index (χ0v) is 9.84. The molecule has 1 aromatic heterocycles. The smallest absolute Gasteiger partial charge is 0.267 e. The van der Waals surface area contributed by atoms with Crippen molar-refractivity contribution in [1.29, 1.82) is 0 Å². The van der Waals surface area contributed by atoms with Crippen LogP contribution in [0, 0.1) is 12.7 Å². The van der Waals surface area contributed by atoms with E-state index in [4.69, 9.17) is 5.73 Å². The van der Waals surface area contributed by atoms with Gasteiger partial charge in [-0.15, -0.1) is 11.3 Å². The first-order valence-corrected chi connectivity index (χ1v) is 5.72. The lowest BCUT2D eigenvalue weighted by Gasteiger charge is -2.05. The molecule has 0 spiro atoms. The van der Waals surface area contributed by atoms with Crippen LogP contribution in [0.4, 0.5) is 15.8 Å². The van der Waals surface area contributed by atoms with E-state index in [0.29, 0.717) is 16.3 Å². The van der Waals surface area contributed by atoms with Crippen LogP contribution in [0.25, 0.3) is 0 Å². The Labute approximate surface area is 101 Å². The first-order chi connectivity index (χ1) is 8.08. The summed E-state index contributed by atoms with van der Waals surface area (Å²) in [6.07, 6.45) is 0. The van der Waals surface area contributed by atoms with Gasteiger partial charge < -0.3 is 11.1 Å². The molecule has 0 atom stereocenters. The van der Waals surface area contributed by atoms with Crippen LogP contribution in [0.5, 0.6) is 0 Å². The lowest BCUT2D eigenvalue weighted by Crippen LogP contribution is -2.11. The minimum Gasteiger partial charge on any atom is -0.396 e. The van der Waals surface area contributed by atoms with Crippen LogP contribution in [0.2, 0.25) is 0 Å². The highest BCUT2D eigenvalue weighted by molar-refractivity contribution is 7.12. The van der Waals surface area contributed by atoms with Crippen molar-refractivity contribution in [3.8, 4) is 0 Å². The highest BCUT2D eigenvalue weighted by Crippen LogP contribution is 2.18. The van der Waals surface area contributed by atoms with Crippen LogP contribution in [-0.4, -0.2) is 10.9 Å². The van der Waals surface area contributed by atoms with Crippen LogP contribution >= 0.6 is 11.3 Å². The number of aryl methyl sites for hydroxylation is 1. The molecule has 0 saturated heterocycles. The first kappa shape index (κ1) is 11.5. The predicted molar refractivity (Wildman–Crippen MR) is 65.6 cm³/mol. The second-order valence-corrected chi connectivity index (χ2v) is 4.31. The SMILES string of the molecule is Cc1ncsc1C(=O)Nc1ccc(N)c(F)c1. The van der Waals surface area contributed by atoms with Crippen LogP contribution in [0.15, 0.2) is 23.7 Å². The standard InChI is InChI=1S/C11H10FN3OS/c1-6-10(17-5-14-6)11(16)15-7-2-3-9(13)8(12)4-7/h2-5H,13H2,1H3,(H,15,16). The van der Waals surface area contributed by atoms with E-state index in [-0.39, 0.29) is 11.6 Å². The van der Waals surface area contributed by atoms with Crippen molar-refractivity contribution in [2.75, 3.05) is 11.1 Å². The van der Waals surface area contributed by atoms with E-state index in [0.717, 1.165) is 0 Å². The lowest BCUT2D eigenvalue weighted by molar-refractivity contribution is 0.103. The van der Waals surface area contributed by atoms with Crippen molar-refractivity contribution in [1.82, 2.24) is 4.98 Å². The Balaban J connectivity index is 2.19. The van der Waals surface area contributed by atoms with Gasteiger partial charge in [0.25, 0.3) is 5.91 Å². The van der Waals surface area contributed by atoms with E-state index in [1.165, 1.54) is 23.5 Å². The number of hydrogen-bond donors (Lipinski definition) is 2. The third-order valence-electron chi connectivity index (χ3n) is 2.21. The minimum absolute atomic E-state index is 0.0527. The topological polar surface area (TPSA) is 68.0 Å².